The van der Waals surface area contributed by atoms with E-state index in [0.717, 1.165) is 36.3 Å². The highest BCUT2D eigenvalue weighted by Crippen LogP contribution is 2.26. The molecule has 3 aromatic rings. The Morgan fingerprint density at radius 3 is 2.92 bits per heavy atom. The Hall–Kier alpha value is -2.58. The number of halogens is 2. The normalized spacial score (nSPS) is 18.2. The van der Waals surface area contributed by atoms with Crippen molar-refractivity contribution < 1.29 is 8.78 Å². The van der Waals surface area contributed by atoms with Gasteiger partial charge in [0.25, 0.3) is 6.43 Å². The molecular weight excluding hydrogens is 316 g/mol. The van der Waals surface area contributed by atoms with Gasteiger partial charge in [-0.2, -0.15) is 4.52 Å². The number of nitrogens with zero attached hydrogens (tertiary/aromatic N) is 7. The highest BCUT2D eigenvalue weighted by atomic mass is 19.3. The predicted molar refractivity (Wildman–Crippen MR) is 83.1 cm³/mol. The number of aryl methyl sites for hydroxylation is 1. The average Bonchev–Trinajstić information content (AvgIpc) is 3.27. The molecule has 0 aliphatic carbocycles. The molecule has 9 heteroatoms. The molecule has 3 aromatic heterocycles. The lowest BCUT2D eigenvalue weighted by Crippen LogP contribution is -2.34. The van der Waals surface area contributed by atoms with Crippen LogP contribution >= 0.6 is 0 Å². The minimum absolute atomic E-state index is 0.259. The molecule has 24 heavy (non-hydrogen) atoms. The Morgan fingerprint density at radius 1 is 1.29 bits per heavy atom. The van der Waals surface area contributed by atoms with Crippen LogP contribution in [0.1, 0.15) is 30.9 Å². The first-order valence-electron chi connectivity index (χ1n) is 7.88. The van der Waals surface area contributed by atoms with Gasteiger partial charge in [-0.15, -0.1) is 15.3 Å². The third-order valence-electron chi connectivity index (χ3n) is 4.47. The van der Waals surface area contributed by atoms with E-state index in [1.54, 1.807) is 12.3 Å². The number of imidazole rings is 1. The van der Waals surface area contributed by atoms with Crippen LogP contribution in [0.15, 0.2) is 24.5 Å². The van der Waals surface area contributed by atoms with E-state index in [1.807, 2.05) is 19.2 Å². The molecule has 1 saturated heterocycles. The number of anilines is 1. The average molecular weight is 333 g/mol. The number of hydrogen-bond acceptors (Lipinski definition) is 5. The highest BCUT2D eigenvalue weighted by Gasteiger charge is 2.27. The maximum atomic E-state index is 13.0. The fourth-order valence-corrected chi connectivity index (χ4v) is 3.24. The molecular formula is C15H17F2N7. The van der Waals surface area contributed by atoms with Gasteiger partial charge < -0.3 is 9.47 Å². The maximum Gasteiger partial charge on any atom is 0.299 e. The first-order valence-corrected chi connectivity index (χ1v) is 7.88. The fraction of sp³-hybridized carbons (Fsp3) is 0.467. The molecule has 0 N–H and O–H groups in total. The van der Waals surface area contributed by atoms with Crippen LogP contribution in [0.25, 0.3) is 5.65 Å². The van der Waals surface area contributed by atoms with Crippen molar-refractivity contribution in [2.75, 3.05) is 11.4 Å². The lowest BCUT2D eigenvalue weighted by atomic mass is 10.2. The van der Waals surface area contributed by atoms with Gasteiger partial charge >= 0.3 is 0 Å². The zero-order valence-electron chi connectivity index (χ0n) is 13.2. The minimum atomic E-state index is -2.70. The van der Waals surface area contributed by atoms with Crippen molar-refractivity contribution >= 4 is 11.5 Å². The minimum Gasteiger partial charge on any atom is -0.350 e. The van der Waals surface area contributed by atoms with Gasteiger partial charge in [-0.25, -0.2) is 13.8 Å². The molecule has 4 heterocycles. The predicted octanol–water partition coefficient (Wildman–Crippen LogP) is 2.24. The van der Waals surface area contributed by atoms with Crippen LogP contribution in [0.2, 0.25) is 0 Å². The van der Waals surface area contributed by atoms with E-state index in [1.165, 1.54) is 0 Å². The van der Waals surface area contributed by atoms with Gasteiger partial charge in [0.1, 0.15) is 11.6 Å². The van der Waals surface area contributed by atoms with Crippen LogP contribution < -0.4 is 4.90 Å². The summed E-state index contributed by atoms with van der Waals surface area (Å²) in [6, 6.07) is 3.76. The van der Waals surface area contributed by atoms with Crippen molar-refractivity contribution in [2.24, 2.45) is 0 Å². The molecule has 0 aromatic carbocycles. The van der Waals surface area contributed by atoms with Crippen molar-refractivity contribution in [1.82, 2.24) is 29.4 Å². The number of fused-ring (bicyclic) bond motifs is 1. The summed E-state index contributed by atoms with van der Waals surface area (Å²) >= 11 is 0. The lowest BCUT2D eigenvalue weighted by molar-refractivity contribution is 0.137. The van der Waals surface area contributed by atoms with E-state index >= 15 is 0 Å². The lowest BCUT2D eigenvalue weighted by Gasteiger charge is -2.26. The zero-order chi connectivity index (χ0) is 16.7. The smallest absolute Gasteiger partial charge is 0.299 e. The Morgan fingerprint density at radius 2 is 2.17 bits per heavy atom. The van der Waals surface area contributed by atoms with Gasteiger partial charge in [0.15, 0.2) is 5.65 Å². The second-order valence-electron chi connectivity index (χ2n) is 5.94. The number of hydrogen-bond donors (Lipinski definition) is 0. The summed E-state index contributed by atoms with van der Waals surface area (Å²) in [6.45, 7) is 3.62. The molecule has 1 aliphatic heterocycles. The number of alkyl halides is 2. The van der Waals surface area contributed by atoms with E-state index in [-0.39, 0.29) is 6.04 Å². The standard InChI is InChI=1S/C15H17F2N7/c1-10-18-6-8-22(10)9-11-3-2-7-23(11)13-5-4-12-19-20-15(14(16)17)24(12)21-13/h4-6,8,11,14H,2-3,7,9H2,1H3. The topological polar surface area (TPSA) is 64.1 Å². The Balaban J connectivity index is 1.65. The summed E-state index contributed by atoms with van der Waals surface area (Å²) in [7, 11) is 0. The SMILES string of the molecule is Cc1nccn1CC1CCCN1c1ccc2nnc(C(F)F)n2n1. The first kappa shape index (κ1) is 15.0. The second-order valence-corrected chi connectivity index (χ2v) is 5.94. The van der Waals surface area contributed by atoms with Crippen LogP contribution in [0.5, 0.6) is 0 Å². The Labute approximate surface area is 136 Å². The Kier molecular flexibility index (Phi) is 3.62. The third kappa shape index (κ3) is 2.49. The van der Waals surface area contributed by atoms with Crippen molar-refractivity contribution in [1.29, 1.82) is 0 Å². The summed E-state index contributed by atoms with van der Waals surface area (Å²) in [4.78, 5) is 6.41. The number of rotatable bonds is 4. The van der Waals surface area contributed by atoms with E-state index in [2.05, 4.69) is 29.7 Å². The highest BCUT2D eigenvalue weighted by molar-refractivity contribution is 5.47. The molecule has 0 amide bonds. The van der Waals surface area contributed by atoms with Crippen LogP contribution in [-0.4, -0.2) is 41.9 Å². The summed E-state index contributed by atoms with van der Waals surface area (Å²) in [5.74, 6) is 1.21. The zero-order valence-corrected chi connectivity index (χ0v) is 13.2. The molecule has 1 unspecified atom stereocenters. The van der Waals surface area contributed by atoms with E-state index < -0.39 is 12.2 Å². The van der Waals surface area contributed by atoms with E-state index in [4.69, 9.17) is 0 Å². The summed E-state index contributed by atoms with van der Waals surface area (Å²) in [5.41, 5.74) is 0.329. The molecule has 0 saturated carbocycles. The van der Waals surface area contributed by atoms with Gasteiger partial charge in [-0.1, -0.05) is 0 Å². The van der Waals surface area contributed by atoms with E-state index in [9.17, 15) is 8.78 Å². The van der Waals surface area contributed by atoms with Crippen LogP contribution in [0.3, 0.4) is 0 Å². The molecule has 0 bridgehead atoms. The monoisotopic (exact) mass is 333 g/mol. The Bertz CT molecular complexity index is 857. The molecule has 0 spiro atoms. The molecule has 7 nitrogen and oxygen atoms in total. The molecule has 1 fully saturated rings. The van der Waals surface area contributed by atoms with Crippen molar-refractivity contribution in [2.45, 2.75) is 38.8 Å². The molecule has 1 aliphatic rings. The summed E-state index contributed by atoms with van der Waals surface area (Å²) in [6.07, 6.45) is 3.11. The van der Waals surface area contributed by atoms with Crippen molar-refractivity contribution in [3.63, 3.8) is 0 Å². The fourth-order valence-electron chi connectivity index (χ4n) is 3.24. The molecule has 1 atom stereocenters. The van der Waals surface area contributed by atoms with Crippen molar-refractivity contribution in [3.8, 4) is 0 Å². The first-order chi connectivity index (χ1) is 11.6. The molecule has 4 rings (SSSR count). The molecule has 0 radical (unpaired) electrons. The van der Waals surface area contributed by atoms with Gasteiger partial charge in [-0.3, -0.25) is 0 Å². The third-order valence-corrected chi connectivity index (χ3v) is 4.47. The van der Waals surface area contributed by atoms with Crippen molar-refractivity contribution in [3.05, 3.63) is 36.2 Å². The summed E-state index contributed by atoms with van der Waals surface area (Å²) in [5, 5.41) is 11.6. The van der Waals surface area contributed by atoms with Gasteiger partial charge in [0, 0.05) is 31.5 Å². The van der Waals surface area contributed by atoms with Gasteiger partial charge in [0.05, 0.1) is 0 Å². The molecule has 126 valence electrons. The van der Waals surface area contributed by atoms with E-state index in [0.29, 0.717) is 11.5 Å². The quantitative estimate of drug-likeness (QED) is 0.733. The van der Waals surface area contributed by atoms with Crippen LogP contribution in [0, 0.1) is 6.92 Å². The summed E-state index contributed by atoms with van der Waals surface area (Å²) < 4.78 is 29.3. The van der Waals surface area contributed by atoms with Crippen LogP contribution in [0.4, 0.5) is 14.6 Å². The number of aromatic nitrogens is 6. The second kappa shape index (κ2) is 5.81. The maximum absolute atomic E-state index is 13.0. The van der Waals surface area contributed by atoms with Gasteiger partial charge in [-0.05, 0) is 31.9 Å². The van der Waals surface area contributed by atoms with Crippen LogP contribution in [-0.2, 0) is 6.54 Å². The van der Waals surface area contributed by atoms with Gasteiger partial charge in [0.2, 0.25) is 5.82 Å². The largest absolute Gasteiger partial charge is 0.350 e.